The van der Waals surface area contributed by atoms with Crippen LogP contribution in [-0.2, 0) is 10.2 Å². The highest BCUT2D eigenvalue weighted by molar-refractivity contribution is 6.11. The zero-order chi connectivity index (χ0) is 13.2. The summed E-state index contributed by atoms with van der Waals surface area (Å²) < 4.78 is 11.2. The van der Waals surface area contributed by atoms with Gasteiger partial charge < -0.3 is 9.15 Å². The molecule has 0 radical (unpaired) electrons. The van der Waals surface area contributed by atoms with Gasteiger partial charge in [0.15, 0.2) is 0 Å². The predicted octanol–water partition coefficient (Wildman–Crippen LogP) is 3.78. The van der Waals surface area contributed by atoms with Crippen LogP contribution in [0.25, 0.3) is 21.9 Å². The predicted molar refractivity (Wildman–Crippen MR) is 72.4 cm³/mol. The van der Waals surface area contributed by atoms with E-state index in [1.165, 1.54) is 0 Å². The minimum atomic E-state index is -0.637. The fraction of sp³-hybridized carbons (Fsp3) is 0.188. The van der Waals surface area contributed by atoms with E-state index in [4.69, 9.17) is 9.15 Å². The van der Waals surface area contributed by atoms with Crippen molar-refractivity contribution in [2.45, 2.75) is 19.3 Å². The van der Waals surface area contributed by atoms with Crippen LogP contribution in [0.2, 0.25) is 0 Å². The van der Waals surface area contributed by atoms with Crippen molar-refractivity contribution in [2.75, 3.05) is 0 Å². The molecule has 0 saturated heterocycles. The zero-order valence-corrected chi connectivity index (χ0v) is 10.7. The lowest BCUT2D eigenvalue weighted by Crippen LogP contribution is -2.26. The molecule has 3 aromatic rings. The Morgan fingerprint density at radius 3 is 2.63 bits per heavy atom. The van der Waals surface area contributed by atoms with Gasteiger partial charge in [-0.1, -0.05) is 18.2 Å². The molecule has 3 heteroatoms. The average Bonchev–Trinajstić information content (AvgIpc) is 2.86. The molecule has 0 spiro atoms. The molecule has 1 aromatic heterocycles. The highest BCUT2D eigenvalue weighted by Crippen LogP contribution is 2.46. The molecular weight excluding hydrogens is 240 g/mol. The smallest absolute Gasteiger partial charge is 0.321 e. The van der Waals surface area contributed by atoms with E-state index < -0.39 is 5.41 Å². The molecule has 0 fully saturated rings. The minimum Gasteiger partial charge on any atom is -0.456 e. The van der Waals surface area contributed by atoms with Gasteiger partial charge in [0.1, 0.15) is 16.9 Å². The Kier molecular flexibility index (Phi) is 1.78. The van der Waals surface area contributed by atoms with Crippen molar-refractivity contribution in [3.8, 4) is 5.75 Å². The van der Waals surface area contributed by atoms with Gasteiger partial charge in [-0.3, -0.25) is 4.79 Å². The van der Waals surface area contributed by atoms with E-state index in [0.717, 1.165) is 27.5 Å². The molecule has 0 aliphatic carbocycles. The average molecular weight is 252 g/mol. The van der Waals surface area contributed by atoms with Gasteiger partial charge in [-0.25, -0.2) is 0 Å². The first-order valence-electron chi connectivity index (χ1n) is 6.26. The van der Waals surface area contributed by atoms with Gasteiger partial charge in [0, 0.05) is 16.3 Å². The SMILES string of the molecule is CC1(C)C(=O)Oc2ccc3oc4ccccc4c3c21. The fourth-order valence-electron chi connectivity index (χ4n) is 2.83. The quantitative estimate of drug-likeness (QED) is 0.451. The monoisotopic (exact) mass is 252 g/mol. The van der Waals surface area contributed by atoms with Crippen molar-refractivity contribution >= 4 is 27.9 Å². The molecule has 94 valence electrons. The Hall–Kier alpha value is -2.29. The van der Waals surface area contributed by atoms with E-state index >= 15 is 0 Å². The summed E-state index contributed by atoms with van der Waals surface area (Å²) in [6.07, 6.45) is 0. The second-order valence-corrected chi connectivity index (χ2v) is 5.42. The third-order valence-electron chi connectivity index (χ3n) is 3.84. The molecule has 0 saturated carbocycles. The molecular formula is C16H12O3. The van der Waals surface area contributed by atoms with Crippen molar-refractivity contribution in [2.24, 2.45) is 0 Å². The van der Waals surface area contributed by atoms with Crippen molar-refractivity contribution < 1.29 is 13.9 Å². The maximum absolute atomic E-state index is 12.0. The van der Waals surface area contributed by atoms with Crippen LogP contribution in [0.5, 0.6) is 5.75 Å². The fourth-order valence-corrected chi connectivity index (χ4v) is 2.83. The van der Waals surface area contributed by atoms with Gasteiger partial charge in [0.25, 0.3) is 0 Å². The third kappa shape index (κ3) is 1.19. The Morgan fingerprint density at radius 2 is 1.79 bits per heavy atom. The van der Waals surface area contributed by atoms with Crippen LogP contribution >= 0.6 is 0 Å². The van der Waals surface area contributed by atoms with Crippen molar-refractivity contribution in [1.29, 1.82) is 0 Å². The van der Waals surface area contributed by atoms with Crippen molar-refractivity contribution in [3.63, 3.8) is 0 Å². The summed E-state index contributed by atoms with van der Waals surface area (Å²) in [5, 5.41) is 2.02. The lowest BCUT2D eigenvalue weighted by Gasteiger charge is -2.13. The number of fused-ring (bicyclic) bond motifs is 5. The van der Waals surface area contributed by atoms with Gasteiger partial charge in [-0.05, 0) is 32.0 Å². The molecule has 19 heavy (non-hydrogen) atoms. The molecule has 0 N–H and O–H groups in total. The van der Waals surface area contributed by atoms with Crippen LogP contribution in [0.1, 0.15) is 19.4 Å². The van der Waals surface area contributed by atoms with Crippen molar-refractivity contribution in [1.82, 2.24) is 0 Å². The normalized spacial score (nSPS) is 16.8. The number of hydrogen-bond acceptors (Lipinski definition) is 3. The van der Waals surface area contributed by atoms with E-state index in [-0.39, 0.29) is 5.97 Å². The summed E-state index contributed by atoms with van der Waals surface area (Å²) in [4.78, 5) is 12.0. The Morgan fingerprint density at radius 1 is 1.00 bits per heavy atom. The van der Waals surface area contributed by atoms with Gasteiger partial charge in [-0.15, -0.1) is 0 Å². The minimum absolute atomic E-state index is 0.208. The highest BCUT2D eigenvalue weighted by atomic mass is 16.5. The first-order chi connectivity index (χ1) is 9.09. The number of furan rings is 1. The lowest BCUT2D eigenvalue weighted by molar-refractivity contribution is -0.137. The van der Waals surface area contributed by atoms with Crippen LogP contribution in [0, 0.1) is 0 Å². The van der Waals surface area contributed by atoms with Crippen molar-refractivity contribution in [3.05, 3.63) is 42.0 Å². The molecule has 0 unspecified atom stereocenters. The van der Waals surface area contributed by atoms with E-state index in [1.54, 1.807) is 0 Å². The summed E-state index contributed by atoms with van der Waals surface area (Å²) in [5.74, 6) is 0.439. The van der Waals surface area contributed by atoms with E-state index in [1.807, 2.05) is 50.2 Å². The van der Waals surface area contributed by atoms with Gasteiger partial charge in [0.2, 0.25) is 0 Å². The number of carbonyl (C=O) groups excluding carboxylic acids is 1. The molecule has 0 amide bonds. The third-order valence-corrected chi connectivity index (χ3v) is 3.84. The molecule has 4 rings (SSSR count). The summed E-state index contributed by atoms with van der Waals surface area (Å²) >= 11 is 0. The maximum Gasteiger partial charge on any atom is 0.321 e. The molecule has 0 bridgehead atoms. The summed E-state index contributed by atoms with van der Waals surface area (Å²) in [6, 6.07) is 11.5. The maximum atomic E-state index is 12.0. The number of para-hydroxylation sites is 1. The number of rotatable bonds is 0. The number of benzene rings is 2. The Bertz CT molecular complexity index is 840. The summed E-state index contributed by atoms with van der Waals surface area (Å²) in [6.45, 7) is 3.78. The number of ether oxygens (including phenoxy) is 1. The largest absolute Gasteiger partial charge is 0.456 e. The summed E-state index contributed by atoms with van der Waals surface area (Å²) in [7, 11) is 0. The van der Waals surface area contributed by atoms with Crippen LogP contribution in [0.3, 0.4) is 0 Å². The topological polar surface area (TPSA) is 39.4 Å². The standard InChI is InChI=1S/C16H12O3/c1-16(2)14-12(19-15(16)17)8-7-11-13(14)9-5-3-4-6-10(9)18-11/h3-8H,1-2H3. The van der Waals surface area contributed by atoms with E-state index in [0.29, 0.717) is 5.75 Å². The Labute approximate surface area is 109 Å². The highest BCUT2D eigenvalue weighted by Gasteiger charge is 2.43. The molecule has 0 atom stereocenters. The first-order valence-corrected chi connectivity index (χ1v) is 6.26. The van der Waals surface area contributed by atoms with E-state index in [2.05, 4.69) is 0 Å². The second-order valence-electron chi connectivity index (χ2n) is 5.42. The van der Waals surface area contributed by atoms with Crippen LogP contribution in [0.4, 0.5) is 0 Å². The molecule has 1 aliphatic heterocycles. The number of esters is 1. The number of hydrogen-bond donors (Lipinski definition) is 0. The van der Waals surface area contributed by atoms with E-state index in [9.17, 15) is 4.79 Å². The molecule has 3 nitrogen and oxygen atoms in total. The molecule has 1 aliphatic rings. The molecule has 2 heterocycles. The van der Waals surface area contributed by atoms with Crippen LogP contribution in [-0.4, -0.2) is 5.97 Å². The zero-order valence-electron chi connectivity index (χ0n) is 10.7. The second kappa shape index (κ2) is 3.18. The first kappa shape index (κ1) is 10.6. The lowest BCUT2D eigenvalue weighted by atomic mass is 9.83. The van der Waals surface area contributed by atoms with Crippen LogP contribution in [0.15, 0.2) is 40.8 Å². The Balaban J connectivity index is 2.25. The van der Waals surface area contributed by atoms with Gasteiger partial charge >= 0.3 is 5.97 Å². The number of carbonyl (C=O) groups is 1. The van der Waals surface area contributed by atoms with Gasteiger partial charge in [-0.2, -0.15) is 0 Å². The summed E-state index contributed by atoms with van der Waals surface area (Å²) in [5.41, 5.74) is 1.92. The van der Waals surface area contributed by atoms with Crippen LogP contribution < -0.4 is 4.74 Å². The molecule has 2 aromatic carbocycles. The van der Waals surface area contributed by atoms with Gasteiger partial charge in [0.05, 0.1) is 5.41 Å².